The first-order valence-corrected chi connectivity index (χ1v) is 5.48. The van der Waals surface area contributed by atoms with Gasteiger partial charge >= 0.3 is 0 Å². The Hall–Kier alpha value is -2.08. The lowest BCUT2D eigenvalue weighted by atomic mass is 10.1. The molecule has 0 aliphatic rings. The second-order valence-corrected chi connectivity index (χ2v) is 4.19. The zero-order valence-electron chi connectivity index (χ0n) is 10.3. The first-order chi connectivity index (χ1) is 8.02. The summed E-state index contributed by atoms with van der Waals surface area (Å²) in [5.74, 6) is -0.0955. The van der Waals surface area contributed by atoms with Crippen LogP contribution in [-0.2, 0) is 4.79 Å². The Labute approximate surface area is 102 Å². The second kappa shape index (κ2) is 5.86. The normalized spacial score (nSPS) is 11.2. The zero-order valence-corrected chi connectivity index (χ0v) is 10.3. The van der Waals surface area contributed by atoms with Crippen molar-refractivity contribution in [2.24, 2.45) is 0 Å². The predicted molar refractivity (Wildman–Crippen MR) is 67.1 cm³/mol. The van der Waals surface area contributed by atoms with E-state index < -0.39 is 0 Å². The van der Waals surface area contributed by atoms with Crippen LogP contribution in [0.2, 0.25) is 0 Å². The van der Waals surface area contributed by atoms with Gasteiger partial charge in [-0.15, -0.1) is 0 Å². The quantitative estimate of drug-likeness (QED) is 0.809. The molecule has 0 saturated heterocycles. The third-order valence-electron chi connectivity index (χ3n) is 2.32. The second-order valence-electron chi connectivity index (χ2n) is 4.19. The molecule has 88 valence electrons. The summed E-state index contributed by atoms with van der Waals surface area (Å²) in [6, 6.07) is 9.20. The van der Waals surface area contributed by atoms with Crippen LogP contribution in [0.3, 0.4) is 0 Å². The van der Waals surface area contributed by atoms with E-state index in [1.54, 1.807) is 18.2 Å². The van der Waals surface area contributed by atoms with Crippen molar-refractivity contribution in [3.05, 3.63) is 47.0 Å². The van der Waals surface area contributed by atoms with Crippen molar-refractivity contribution < 1.29 is 4.79 Å². The number of carbonyl (C=O) groups excluding carboxylic acids is 1. The lowest BCUT2D eigenvalue weighted by Gasteiger charge is -2.13. The molecule has 1 aromatic carbocycles. The molecule has 1 amide bonds. The Bertz CT molecular complexity index is 462. The number of amides is 1. The van der Waals surface area contributed by atoms with Crippen LogP contribution in [-0.4, -0.2) is 5.91 Å². The number of carbonyl (C=O) groups is 1. The minimum Gasteiger partial charge on any atom is -0.346 e. The molecule has 1 atom stereocenters. The zero-order chi connectivity index (χ0) is 12.8. The number of hydrogen-bond acceptors (Lipinski definition) is 2. The van der Waals surface area contributed by atoms with E-state index in [2.05, 4.69) is 11.4 Å². The number of rotatable bonds is 3. The lowest BCUT2D eigenvalue weighted by Crippen LogP contribution is -2.24. The molecule has 1 unspecified atom stereocenters. The number of allylic oxidation sites excluding steroid dienone is 1. The van der Waals surface area contributed by atoms with E-state index in [0.717, 1.165) is 11.1 Å². The van der Waals surface area contributed by atoms with Crippen LogP contribution < -0.4 is 5.32 Å². The van der Waals surface area contributed by atoms with E-state index in [4.69, 9.17) is 5.26 Å². The van der Waals surface area contributed by atoms with Gasteiger partial charge in [-0.1, -0.05) is 17.7 Å². The number of nitrogens with zero attached hydrogens (tertiary/aromatic N) is 1. The van der Waals surface area contributed by atoms with Crippen LogP contribution in [0.4, 0.5) is 0 Å². The largest absolute Gasteiger partial charge is 0.346 e. The van der Waals surface area contributed by atoms with Crippen LogP contribution in [0.1, 0.15) is 37.9 Å². The predicted octanol–water partition coefficient (Wildman–Crippen LogP) is 2.70. The Balaban J connectivity index is 2.70. The number of nitriles is 1. The Morgan fingerprint density at radius 2 is 1.94 bits per heavy atom. The van der Waals surface area contributed by atoms with Gasteiger partial charge in [0.1, 0.15) is 0 Å². The van der Waals surface area contributed by atoms with E-state index in [1.165, 1.54) is 0 Å². The summed E-state index contributed by atoms with van der Waals surface area (Å²) in [6.45, 7) is 5.68. The minimum absolute atomic E-state index is 0.0640. The maximum atomic E-state index is 11.5. The molecule has 3 nitrogen and oxygen atoms in total. The fraction of sp³-hybridized carbons (Fsp3) is 0.286. The molecule has 0 aromatic heterocycles. The Kier molecular flexibility index (Phi) is 4.47. The summed E-state index contributed by atoms with van der Waals surface area (Å²) >= 11 is 0. The van der Waals surface area contributed by atoms with Crippen LogP contribution in [0.15, 0.2) is 35.9 Å². The van der Waals surface area contributed by atoms with Crippen molar-refractivity contribution in [1.82, 2.24) is 5.32 Å². The highest BCUT2D eigenvalue weighted by molar-refractivity contribution is 5.88. The number of benzene rings is 1. The summed E-state index contributed by atoms with van der Waals surface area (Å²) in [4.78, 5) is 11.5. The van der Waals surface area contributed by atoms with Gasteiger partial charge in [0.15, 0.2) is 0 Å². The summed E-state index contributed by atoms with van der Waals surface area (Å²) in [7, 11) is 0. The molecule has 0 fully saturated rings. The highest BCUT2D eigenvalue weighted by Crippen LogP contribution is 2.13. The summed E-state index contributed by atoms with van der Waals surface area (Å²) in [5, 5.41) is 11.6. The molecule has 0 radical (unpaired) electrons. The highest BCUT2D eigenvalue weighted by atomic mass is 16.1. The van der Waals surface area contributed by atoms with Gasteiger partial charge in [-0.05, 0) is 38.5 Å². The average Bonchev–Trinajstić information content (AvgIpc) is 2.28. The Morgan fingerprint density at radius 1 is 1.35 bits per heavy atom. The van der Waals surface area contributed by atoms with Crippen LogP contribution in [0.25, 0.3) is 0 Å². The molecule has 0 heterocycles. The molecule has 17 heavy (non-hydrogen) atoms. The van der Waals surface area contributed by atoms with Crippen LogP contribution in [0, 0.1) is 11.3 Å². The molecule has 1 N–H and O–H groups in total. The molecule has 1 rings (SSSR count). The molecule has 0 spiro atoms. The molecule has 1 aromatic rings. The lowest BCUT2D eigenvalue weighted by molar-refractivity contribution is -0.117. The molecule has 0 saturated carbocycles. The standard InChI is InChI=1S/C14H16N2O/c1-10(2)8-14(17)16-11(3)13-6-4-12(9-15)5-7-13/h4-8,11H,1-3H3,(H,16,17). The van der Waals surface area contributed by atoms with Crippen molar-refractivity contribution in [2.45, 2.75) is 26.8 Å². The summed E-state index contributed by atoms with van der Waals surface area (Å²) in [6.07, 6.45) is 1.57. The first kappa shape index (κ1) is 13.0. The van der Waals surface area contributed by atoms with Gasteiger partial charge in [-0.3, -0.25) is 4.79 Å². The average molecular weight is 228 g/mol. The van der Waals surface area contributed by atoms with E-state index in [1.807, 2.05) is 32.9 Å². The van der Waals surface area contributed by atoms with Gasteiger partial charge in [0.25, 0.3) is 0 Å². The fourth-order valence-corrected chi connectivity index (χ4v) is 1.45. The third-order valence-corrected chi connectivity index (χ3v) is 2.32. The molecular weight excluding hydrogens is 212 g/mol. The summed E-state index contributed by atoms with van der Waals surface area (Å²) < 4.78 is 0. The maximum Gasteiger partial charge on any atom is 0.244 e. The molecule has 0 bridgehead atoms. The van der Waals surface area contributed by atoms with Crippen molar-refractivity contribution in [3.63, 3.8) is 0 Å². The topological polar surface area (TPSA) is 52.9 Å². The van der Waals surface area contributed by atoms with E-state index in [9.17, 15) is 4.79 Å². The number of hydrogen-bond donors (Lipinski definition) is 1. The van der Waals surface area contributed by atoms with E-state index in [-0.39, 0.29) is 11.9 Å². The van der Waals surface area contributed by atoms with E-state index >= 15 is 0 Å². The van der Waals surface area contributed by atoms with Gasteiger partial charge in [-0.25, -0.2) is 0 Å². The van der Waals surface area contributed by atoms with Crippen molar-refractivity contribution >= 4 is 5.91 Å². The summed E-state index contributed by atoms with van der Waals surface area (Å²) in [5.41, 5.74) is 2.57. The first-order valence-electron chi connectivity index (χ1n) is 5.48. The van der Waals surface area contributed by atoms with Crippen molar-refractivity contribution in [1.29, 1.82) is 5.26 Å². The minimum atomic E-state index is -0.0955. The molecular formula is C14H16N2O. The van der Waals surface area contributed by atoms with Gasteiger partial charge in [0.2, 0.25) is 5.91 Å². The monoisotopic (exact) mass is 228 g/mol. The fourth-order valence-electron chi connectivity index (χ4n) is 1.45. The SMILES string of the molecule is CC(C)=CC(=O)NC(C)c1ccc(C#N)cc1. The molecule has 3 heteroatoms. The number of nitrogens with one attached hydrogen (secondary N) is 1. The van der Waals surface area contributed by atoms with Gasteiger partial charge in [0.05, 0.1) is 17.7 Å². The smallest absolute Gasteiger partial charge is 0.244 e. The van der Waals surface area contributed by atoms with Crippen LogP contribution in [0.5, 0.6) is 0 Å². The van der Waals surface area contributed by atoms with Gasteiger partial charge in [-0.2, -0.15) is 5.26 Å². The maximum absolute atomic E-state index is 11.5. The highest BCUT2D eigenvalue weighted by Gasteiger charge is 2.07. The van der Waals surface area contributed by atoms with Crippen LogP contribution >= 0.6 is 0 Å². The molecule has 0 aliphatic heterocycles. The van der Waals surface area contributed by atoms with Gasteiger partial charge < -0.3 is 5.32 Å². The molecule has 0 aliphatic carbocycles. The van der Waals surface area contributed by atoms with Crippen molar-refractivity contribution in [3.8, 4) is 6.07 Å². The van der Waals surface area contributed by atoms with Crippen molar-refractivity contribution in [2.75, 3.05) is 0 Å². The Morgan fingerprint density at radius 3 is 2.41 bits per heavy atom. The third kappa shape index (κ3) is 4.12. The van der Waals surface area contributed by atoms with Gasteiger partial charge in [0, 0.05) is 6.08 Å². The van der Waals surface area contributed by atoms with E-state index in [0.29, 0.717) is 5.56 Å².